The van der Waals surface area contributed by atoms with E-state index in [4.69, 9.17) is 4.74 Å². The van der Waals surface area contributed by atoms with Gasteiger partial charge in [0, 0.05) is 26.4 Å². The molecular weight excluding hydrogens is 322 g/mol. The lowest BCUT2D eigenvalue weighted by molar-refractivity contribution is -0.129. The third-order valence-electron chi connectivity index (χ3n) is 3.93. The van der Waals surface area contributed by atoms with Crippen LogP contribution in [0.15, 0.2) is 41.8 Å². The first-order chi connectivity index (χ1) is 11.6. The number of rotatable bonds is 9. The average molecular weight is 345 g/mol. The maximum atomic E-state index is 12.2. The number of hydrogen-bond acceptors (Lipinski definition) is 4. The van der Waals surface area contributed by atoms with Gasteiger partial charge in [-0.1, -0.05) is 24.3 Å². The van der Waals surface area contributed by atoms with Crippen LogP contribution in [0.5, 0.6) is 5.75 Å². The molecule has 5 heteroatoms. The maximum absolute atomic E-state index is 12.2. The standard InChI is InChI=1S/C19H23NO3S/c1-20(13-12-15-7-3-4-9-17(15)23-2)19(22)11-5-8-16(21)18-10-6-14-24-18/h3-4,6-7,9-10,14H,5,8,11-13H2,1-2H3. The Labute approximate surface area is 147 Å². The van der Waals surface area contributed by atoms with Gasteiger partial charge in [-0.15, -0.1) is 11.3 Å². The molecule has 0 spiro atoms. The van der Waals surface area contributed by atoms with Crippen LogP contribution < -0.4 is 4.74 Å². The largest absolute Gasteiger partial charge is 0.496 e. The summed E-state index contributed by atoms with van der Waals surface area (Å²) in [6.07, 6.45) is 2.17. The Hall–Kier alpha value is -2.14. The van der Waals surface area contributed by atoms with Crippen molar-refractivity contribution in [2.24, 2.45) is 0 Å². The lowest BCUT2D eigenvalue weighted by Gasteiger charge is -2.18. The number of thiophene rings is 1. The Kier molecular flexibility index (Phi) is 7.00. The van der Waals surface area contributed by atoms with Crippen molar-refractivity contribution in [1.82, 2.24) is 4.90 Å². The smallest absolute Gasteiger partial charge is 0.222 e. The molecule has 4 nitrogen and oxygen atoms in total. The monoisotopic (exact) mass is 345 g/mol. The Balaban J connectivity index is 1.73. The van der Waals surface area contributed by atoms with E-state index in [0.717, 1.165) is 22.6 Å². The summed E-state index contributed by atoms with van der Waals surface area (Å²) < 4.78 is 5.32. The highest BCUT2D eigenvalue weighted by Crippen LogP contribution is 2.18. The van der Waals surface area contributed by atoms with Gasteiger partial charge in [0.1, 0.15) is 5.75 Å². The number of likely N-dealkylation sites (N-methyl/N-ethyl adjacent to an activating group) is 1. The van der Waals surface area contributed by atoms with E-state index in [0.29, 0.717) is 25.8 Å². The van der Waals surface area contributed by atoms with E-state index >= 15 is 0 Å². The third-order valence-corrected chi connectivity index (χ3v) is 4.84. The highest BCUT2D eigenvalue weighted by Gasteiger charge is 2.12. The van der Waals surface area contributed by atoms with Crippen LogP contribution in [0.2, 0.25) is 0 Å². The van der Waals surface area contributed by atoms with Crippen LogP contribution >= 0.6 is 11.3 Å². The summed E-state index contributed by atoms with van der Waals surface area (Å²) in [6, 6.07) is 11.5. The Bertz CT molecular complexity index is 667. The third kappa shape index (κ3) is 5.20. The molecule has 128 valence electrons. The average Bonchev–Trinajstić information content (AvgIpc) is 3.14. The maximum Gasteiger partial charge on any atom is 0.222 e. The zero-order valence-electron chi connectivity index (χ0n) is 14.2. The quantitative estimate of drug-likeness (QED) is 0.649. The van der Waals surface area contributed by atoms with Crippen LogP contribution in [-0.2, 0) is 11.2 Å². The minimum absolute atomic E-state index is 0.0730. The van der Waals surface area contributed by atoms with Crippen LogP contribution in [0.1, 0.15) is 34.5 Å². The number of carbonyl (C=O) groups excluding carboxylic acids is 2. The van der Waals surface area contributed by atoms with Gasteiger partial charge in [0.05, 0.1) is 12.0 Å². The summed E-state index contributed by atoms with van der Waals surface area (Å²) >= 11 is 1.45. The zero-order chi connectivity index (χ0) is 17.4. The van der Waals surface area contributed by atoms with E-state index in [1.165, 1.54) is 11.3 Å². The van der Waals surface area contributed by atoms with Gasteiger partial charge in [0.25, 0.3) is 0 Å². The summed E-state index contributed by atoms with van der Waals surface area (Å²) in [5.74, 6) is 1.04. The topological polar surface area (TPSA) is 46.6 Å². The molecule has 0 saturated heterocycles. The minimum atomic E-state index is 0.0730. The highest BCUT2D eigenvalue weighted by atomic mass is 32.1. The van der Waals surface area contributed by atoms with Crippen LogP contribution in [-0.4, -0.2) is 37.3 Å². The summed E-state index contributed by atoms with van der Waals surface area (Å²) in [5.41, 5.74) is 1.09. The molecule has 0 fully saturated rings. The molecule has 1 heterocycles. The first kappa shape index (κ1) is 18.2. The lowest BCUT2D eigenvalue weighted by Crippen LogP contribution is -2.28. The van der Waals surface area contributed by atoms with E-state index in [2.05, 4.69) is 0 Å². The van der Waals surface area contributed by atoms with Gasteiger partial charge < -0.3 is 9.64 Å². The predicted molar refractivity (Wildman–Crippen MR) is 96.8 cm³/mol. The van der Waals surface area contributed by atoms with Crippen molar-refractivity contribution < 1.29 is 14.3 Å². The molecule has 1 aromatic carbocycles. The SMILES string of the molecule is COc1ccccc1CCN(C)C(=O)CCCC(=O)c1cccs1. The molecule has 1 amide bonds. The first-order valence-corrected chi connectivity index (χ1v) is 8.92. The molecule has 2 aromatic rings. The lowest BCUT2D eigenvalue weighted by atomic mass is 10.1. The molecule has 0 aliphatic heterocycles. The van der Waals surface area contributed by atoms with E-state index < -0.39 is 0 Å². The van der Waals surface area contributed by atoms with Crippen LogP contribution in [0.25, 0.3) is 0 Å². The molecule has 0 unspecified atom stereocenters. The summed E-state index contributed by atoms with van der Waals surface area (Å²) in [5, 5.41) is 1.89. The van der Waals surface area contributed by atoms with Gasteiger partial charge in [0.15, 0.2) is 5.78 Å². The van der Waals surface area contributed by atoms with Crippen LogP contribution in [0, 0.1) is 0 Å². The van der Waals surface area contributed by atoms with E-state index in [1.54, 1.807) is 19.1 Å². The number of ketones is 1. The second kappa shape index (κ2) is 9.23. The molecule has 1 aromatic heterocycles. The summed E-state index contributed by atoms with van der Waals surface area (Å²) in [6.45, 7) is 0.637. The van der Waals surface area contributed by atoms with Crippen molar-refractivity contribution in [3.63, 3.8) is 0 Å². The van der Waals surface area contributed by atoms with Gasteiger partial charge in [-0.05, 0) is 35.9 Å². The van der Waals surface area contributed by atoms with Crippen LogP contribution in [0.4, 0.5) is 0 Å². The number of ether oxygens (including phenoxy) is 1. The molecule has 0 N–H and O–H groups in total. The number of Topliss-reactive ketones (excluding diaryl/α,β-unsaturated/α-hetero) is 1. The van der Waals surface area contributed by atoms with Crippen LogP contribution in [0.3, 0.4) is 0 Å². The zero-order valence-corrected chi connectivity index (χ0v) is 15.0. The number of nitrogens with zero attached hydrogens (tertiary/aromatic N) is 1. The molecule has 2 rings (SSSR count). The van der Waals surface area contributed by atoms with Crippen molar-refractivity contribution >= 4 is 23.0 Å². The number of hydrogen-bond donors (Lipinski definition) is 0. The van der Waals surface area contributed by atoms with Gasteiger partial charge in [-0.25, -0.2) is 0 Å². The second-order valence-electron chi connectivity index (χ2n) is 5.63. The molecule has 0 aliphatic rings. The van der Waals surface area contributed by atoms with Crippen molar-refractivity contribution in [3.8, 4) is 5.75 Å². The summed E-state index contributed by atoms with van der Waals surface area (Å²) in [4.78, 5) is 26.6. The van der Waals surface area contributed by atoms with Crippen molar-refractivity contribution in [1.29, 1.82) is 0 Å². The van der Waals surface area contributed by atoms with Crippen molar-refractivity contribution in [2.45, 2.75) is 25.7 Å². The molecule has 0 radical (unpaired) electrons. The van der Waals surface area contributed by atoms with E-state index in [-0.39, 0.29) is 11.7 Å². The molecule has 0 saturated carbocycles. The Morgan fingerprint density at radius 2 is 1.92 bits per heavy atom. The molecule has 24 heavy (non-hydrogen) atoms. The molecule has 0 bridgehead atoms. The van der Waals surface area contributed by atoms with Gasteiger partial charge in [0.2, 0.25) is 5.91 Å². The van der Waals surface area contributed by atoms with E-state index in [1.807, 2.05) is 41.8 Å². The summed E-state index contributed by atoms with van der Waals surface area (Å²) in [7, 11) is 3.46. The second-order valence-corrected chi connectivity index (χ2v) is 6.58. The van der Waals surface area contributed by atoms with E-state index in [9.17, 15) is 9.59 Å². The van der Waals surface area contributed by atoms with Gasteiger partial charge in [-0.3, -0.25) is 9.59 Å². The predicted octanol–water partition coefficient (Wildman–Crippen LogP) is 3.81. The number of benzene rings is 1. The van der Waals surface area contributed by atoms with Gasteiger partial charge >= 0.3 is 0 Å². The Morgan fingerprint density at radius 1 is 1.12 bits per heavy atom. The molecule has 0 aliphatic carbocycles. The highest BCUT2D eigenvalue weighted by molar-refractivity contribution is 7.12. The van der Waals surface area contributed by atoms with Crippen molar-refractivity contribution in [3.05, 3.63) is 52.2 Å². The number of para-hydroxylation sites is 1. The Morgan fingerprint density at radius 3 is 2.62 bits per heavy atom. The normalized spacial score (nSPS) is 10.4. The fraction of sp³-hybridized carbons (Fsp3) is 0.368. The van der Waals surface area contributed by atoms with Crippen molar-refractivity contribution in [2.75, 3.05) is 20.7 Å². The first-order valence-electron chi connectivity index (χ1n) is 8.04. The fourth-order valence-electron chi connectivity index (χ4n) is 2.47. The minimum Gasteiger partial charge on any atom is -0.496 e. The molecular formula is C19H23NO3S. The number of methoxy groups -OCH3 is 1. The number of carbonyl (C=O) groups is 2. The number of amides is 1. The fourth-order valence-corrected chi connectivity index (χ4v) is 3.17. The molecule has 0 atom stereocenters. The van der Waals surface area contributed by atoms with Gasteiger partial charge in [-0.2, -0.15) is 0 Å².